The van der Waals surface area contributed by atoms with Crippen LogP contribution in [0.4, 0.5) is 0 Å². The van der Waals surface area contributed by atoms with Crippen LogP contribution in [0.2, 0.25) is 0 Å². The second-order valence-electron chi connectivity index (χ2n) is 7.06. The van der Waals surface area contributed by atoms with Gasteiger partial charge >= 0.3 is 0 Å². The van der Waals surface area contributed by atoms with Gasteiger partial charge in [-0.3, -0.25) is 9.59 Å². The van der Waals surface area contributed by atoms with Crippen LogP contribution in [0.5, 0.6) is 0 Å². The molecule has 7 nitrogen and oxygen atoms in total. The molecule has 0 unspecified atom stereocenters. The highest BCUT2D eigenvalue weighted by Crippen LogP contribution is 2.17. The van der Waals surface area contributed by atoms with Crippen molar-refractivity contribution in [2.75, 3.05) is 26.2 Å². The van der Waals surface area contributed by atoms with E-state index in [9.17, 15) is 9.59 Å². The van der Waals surface area contributed by atoms with E-state index in [2.05, 4.69) is 4.98 Å². The maximum absolute atomic E-state index is 12.9. The molecular weight excluding hydrogens is 342 g/mol. The molecule has 0 atom stereocenters. The molecule has 27 heavy (non-hydrogen) atoms. The van der Waals surface area contributed by atoms with E-state index in [-0.39, 0.29) is 11.8 Å². The quantitative estimate of drug-likeness (QED) is 0.697. The second-order valence-corrected chi connectivity index (χ2v) is 7.06. The number of benzene rings is 1. The van der Waals surface area contributed by atoms with E-state index < -0.39 is 0 Å². The number of hydrogen-bond donors (Lipinski definition) is 0. The Balaban J connectivity index is 1.46. The minimum Gasteiger partial charge on any atom is -0.356 e. The fourth-order valence-corrected chi connectivity index (χ4v) is 3.59. The zero-order valence-corrected chi connectivity index (χ0v) is 15.6. The summed E-state index contributed by atoms with van der Waals surface area (Å²) in [5.74, 6) is 0.0244. The van der Waals surface area contributed by atoms with E-state index in [1.807, 2.05) is 69.7 Å². The second kappa shape index (κ2) is 6.90. The first-order chi connectivity index (χ1) is 13.0. The Hall–Kier alpha value is -3.09. The molecule has 1 aliphatic heterocycles. The highest BCUT2D eigenvalue weighted by Gasteiger charge is 2.24. The molecule has 1 aliphatic rings. The third-order valence-electron chi connectivity index (χ3n) is 5.12. The molecule has 4 rings (SSSR count). The Kier molecular flexibility index (Phi) is 4.43. The molecule has 3 heterocycles. The molecule has 0 N–H and O–H groups in total. The van der Waals surface area contributed by atoms with Gasteiger partial charge in [-0.2, -0.15) is 0 Å². The van der Waals surface area contributed by atoms with E-state index in [0.717, 1.165) is 17.5 Å². The van der Waals surface area contributed by atoms with Crippen LogP contribution in [0, 0.1) is 0 Å². The van der Waals surface area contributed by atoms with Crippen LogP contribution in [-0.4, -0.2) is 61.9 Å². The number of aryl methyl sites for hydroxylation is 2. The van der Waals surface area contributed by atoms with Crippen molar-refractivity contribution in [3.05, 3.63) is 54.1 Å². The maximum atomic E-state index is 12.9. The molecule has 0 radical (unpaired) electrons. The van der Waals surface area contributed by atoms with E-state index in [4.69, 9.17) is 0 Å². The predicted octanol–water partition coefficient (Wildman–Crippen LogP) is 1.90. The predicted molar refractivity (Wildman–Crippen MR) is 103 cm³/mol. The standard InChI is InChI=1S/C20H23N5O2/c1-22-9-6-16(13-22)20(27)25-8-3-7-24(10-11-25)19(26)15-4-5-18-17(12-15)21-14-23(18)2/h4-6,9,12-14H,3,7-8,10-11H2,1-2H3. The van der Waals surface area contributed by atoms with Crippen LogP contribution < -0.4 is 0 Å². The topological polar surface area (TPSA) is 63.4 Å². The Morgan fingerprint density at radius 3 is 2.30 bits per heavy atom. The molecule has 2 aromatic heterocycles. The Bertz CT molecular complexity index is 1000. The van der Waals surface area contributed by atoms with E-state index in [1.54, 1.807) is 6.33 Å². The lowest BCUT2D eigenvalue weighted by Crippen LogP contribution is -2.37. The van der Waals surface area contributed by atoms with Crippen LogP contribution in [-0.2, 0) is 14.1 Å². The van der Waals surface area contributed by atoms with Crippen LogP contribution in [0.15, 0.2) is 43.0 Å². The van der Waals surface area contributed by atoms with Gasteiger partial charge < -0.3 is 18.9 Å². The van der Waals surface area contributed by atoms with Gasteiger partial charge in [0.05, 0.1) is 22.9 Å². The van der Waals surface area contributed by atoms with Crippen molar-refractivity contribution in [2.24, 2.45) is 14.1 Å². The smallest absolute Gasteiger partial charge is 0.255 e. The minimum atomic E-state index is -0.00318. The highest BCUT2D eigenvalue weighted by molar-refractivity contribution is 5.97. The van der Waals surface area contributed by atoms with Crippen molar-refractivity contribution in [1.82, 2.24) is 23.9 Å². The summed E-state index contributed by atoms with van der Waals surface area (Å²) in [6.45, 7) is 2.40. The summed E-state index contributed by atoms with van der Waals surface area (Å²) in [7, 11) is 3.84. The maximum Gasteiger partial charge on any atom is 0.255 e. The molecule has 0 spiro atoms. The Morgan fingerprint density at radius 2 is 1.63 bits per heavy atom. The fourth-order valence-electron chi connectivity index (χ4n) is 3.59. The molecule has 7 heteroatoms. The molecule has 0 aliphatic carbocycles. The highest BCUT2D eigenvalue weighted by atomic mass is 16.2. The van der Waals surface area contributed by atoms with Gasteiger partial charge in [0.15, 0.2) is 0 Å². The van der Waals surface area contributed by atoms with Crippen LogP contribution >= 0.6 is 0 Å². The van der Waals surface area contributed by atoms with Crippen LogP contribution in [0.3, 0.4) is 0 Å². The third-order valence-corrected chi connectivity index (χ3v) is 5.12. The van der Waals surface area contributed by atoms with E-state index in [0.29, 0.717) is 37.3 Å². The van der Waals surface area contributed by atoms with Gasteiger partial charge in [-0.25, -0.2) is 4.98 Å². The molecule has 0 bridgehead atoms. The van der Waals surface area contributed by atoms with Crippen LogP contribution in [0.1, 0.15) is 27.1 Å². The Labute approximate surface area is 157 Å². The summed E-state index contributed by atoms with van der Waals surface area (Å²) in [5, 5.41) is 0. The van der Waals surface area contributed by atoms with Crippen molar-refractivity contribution in [2.45, 2.75) is 6.42 Å². The normalized spacial score (nSPS) is 15.2. The number of fused-ring (bicyclic) bond motifs is 1. The van der Waals surface area contributed by atoms with Gasteiger partial charge in [-0.1, -0.05) is 0 Å². The minimum absolute atomic E-state index is 0.00318. The van der Waals surface area contributed by atoms with Crippen molar-refractivity contribution in [3.63, 3.8) is 0 Å². The summed E-state index contributed by atoms with van der Waals surface area (Å²) in [6, 6.07) is 7.45. The third kappa shape index (κ3) is 3.32. The number of carbonyl (C=O) groups excluding carboxylic acids is 2. The molecule has 1 saturated heterocycles. The molecule has 0 saturated carbocycles. The van der Waals surface area contributed by atoms with Gasteiger partial charge in [0.1, 0.15) is 0 Å². The lowest BCUT2D eigenvalue weighted by molar-refractivity contribution is 0.0719. The molecule has 3 aromatic rings. The summed E-state index contributed by atoms with van der Waals surface area (Å²) < 4.78 is 3.80. The average Bonchev–Trinajstić information content (AvgIpc) is 3.17. The first-order valence-electron chi connectivity index (χ1n) is 9.14. The van der Waals surface area contributed by atoms with E-state index in [1.165, 1.54) is 0 Å². The molecule has 2 amide bonds. The summed E-state index contributed by atoms with van der Waals surface area (Å²) in [4.78, 5) is 33.6. The SMILES string of the molecule is Cn1ccc(C(=O)N2CCCN(C(=O)c3ccc4c(c3)ncn4C)CC2)c1. The largest absolute Gasteiger partial charge is 0.356 e. The summed E-state index contributed by atoms with van der Waals surface area (Å²) >= 11 is 0. The fraction of sp³-hybridized carbons (Fsp3) is 0.350. The van der Waals surface area contributed by atoms with Gasteiger partial charge in [-0.15, -0.1) is 0 Å². The van der Waals surface area contributed by atoms with Gasteiger partial charge in [0.2, 0.25) is 0 Å². The number of aromatic nitrogens is 3. The van der Waals surface area contributed by atoms with Gasteiger partial charge in [0, 0.05) is 58.2 Å². The lowest BCUT2D eigenvalue weighted by atomic mass is 10.1. The van der Waals surface area contributed by atoms with Crippen molar-refractivity contribution < 1.29 is 9.59 Å². The zero-order valence-electron chi connectivity index (χ0n) is 15.6. The lowest BCUT2D eigenvalue weighted by Gasteiger charge is -2.22. The molecular formula is C20H23N5O2. The number of nitrogens with zero attached hydrogens (tertiary/aromatic N) is 5. The average molecular weight is 365 g/mol. The number of rotatable bonds is 2. The zero-order chi connectivity index (χ0) is 19.0. The molecule has 1 fully saturated rings. The molecule has 140 valence electrons. The number of amides is 2. The first-order valence-corrected chi connectivity index (χ1v) is 9.14. The Morgan fingerprint density at radius 1 is 0.926 bits per heavy atom. The van der Waals surface area contributed by atoms with Gasteiger partial charge in [0.25, 0.3) is 11.8 Å². The summed E-state index contributed by atoms with van der Waals surface area (Å²) in [5.41, 5.74) is 3.16. The number of carbonyl (C=O) groups is 2. The van der Waals surface area contributed by atoms with Crippen molar-refractivity contribution in [3.8, 4) is 0 Å². The first kappa shape index (κ1) is 17.3. The monoisotopic (exact) mass is 365 g/mol. The number of imidazole rings is 1. The van der Waals surface area contributed by atoms with Crippen molar-refractivity contribution >= 4 is 22.8 Å². The van der Waals surface area contributed by atoms with E-state index >= 15 is 0 Å². The molecule has 1 aromatic carbocycles. The summed E-state index contributed by atoms with van der Waals surface area (Å²) in [6.07, 6.45) is 6.22. The number of hydrogen-bond acceptors (Lipinski definition) is 3. The van der Waals surface area contributed by atoms with Crippen LogP contribution in [0.25, 0.3) is 11.0 Å². The van der Waals surface area contributed by atoms with Crippen molar-refractivity contribution in [1.29, 1.82) is 0 Å². The van der Waals surface area contributed by atoms with Gasteiger partial charge in [-0.05, 0) is 30.7 Å².